The minimum Gasteiger partial charge on any atom is -0.791 e. The first-order valence-corrected chi connectivity index (χ1v) is 2.22. The normalized spacial score (nSPS) is 11.6. The van der Waals surface area contributed by atoms with Crippen LogP contribution in [0.3, 0.4) is 0 Å². The van der Waals surface area contributed by atoms with E-state index in [4.69, 9.17) is 18.7 Å². The van der Waals surface area contributed by atoms with E-state index in [0.717, 1.165) is 0 Å². The van der Waals surface area contributed by atoms with Gasteiger partial charge in [-0.15, -0.1) is 0 Å². The molecule has 4 nitrogen and oxygen atoms in total. The molecule has 0 aliphatic rings. The molecule has 0 unspecified atom stereocenters. The van der Waals surface area contributed by atoms with E-state index in [1.165, 1.54) is 0 Å². The summed E-state index contributed by atoms with van der Waals surface area (Å²) < 4.78 is 29.1. The number of rotatable bonds is 0. The fourth-order valence-corrected chi connectivity index (χ4v) is 0. The van der Waals surface area contributed by atoms with Crippen molar-refractivity contribution in [3.63, 3.8) is 0 Å². The van der Waals surface area contributed by atoms with Crippen LogP contribution in [0.2, 0.25) is 0 Å². The molecule has 0 atom stereocenters. The summed E-state index contributed by atoms with van der Waals surface area (Å²) in [5.41, 5.74) is 0. The molecule has 0 heterocycles. The Bertz CT molecular complexity index is 90.8. The fraction of sp³-hybridized carbons (Fsp3) is 0. The largest absolute Gasteiger partial charge is 0.791 e. The first-order chi connectivity index (χ1) is 2.00. The van der Waals surface area contributed by atoms with Gasteiger partial charge in [0.25, 0.3) is 0 Å². The predicted molar refractivity (Wildman–Crippen MR) is 14.4 cm³/mol. The number of hydrogen-bond acceptors (Lipinski definition) is 4. The molecule has 0 aromatic rings. The van der Waals surface area contributed by atoms with Crippen LogP contribution in [0.5, 0.6) is 0 Å². The molecule has 5 heavy (non-hydrogen) atoms. The van der Waals surface area contributed by atoms with Gasteiger partial charge in [0.05, 0.1) is 0 Å². The van der Waals surface area contributed by atoms with Gasteiger partial charge >= 0.3 is 0 Å². The smallest absolute Gasteiger partial charge is 0.212 e. The van der Waals surface area contributed by atoms with E-state index in [-0.39, 0.29) is 0 Å². The van der Waals surface area contributed by atoms with Crippen molar-refractivity contribution in [1.29, 1.82) is 9.56 Å². The summed E-state index contributed by atoms with van der Waals surface area (Å²) in [4.78, 5) is 0. The average Bonchev–Trinajstić information content (AvgIpc) is 0.722. The van der Waals surface area contributed by atoms with E-state index in [0.29, 0.717) is 0 Å². The lowest BCUT2D eigenvalue weighted by molar-refractivity contribution is 0.454. The van der Waals surface area contributed by atoms with Crippen molar-refractivity contribution in [2.45, 2.75) is 0 Å². The van der Waals surface area contributed by atoms with Crippen molar-refractivity contribution >= 4 is 10.2 Å². The minimum atomic E-state index is -4.17. The maximum Gasteiger partial charge on any atom is -0.212 e. The lowest BCUT2D eigenvalue weighted by Gasteiger charge is -2.18. The van der Waals surface area contributed by atoms with Gasteiger partial charge in [0.15, 0.2) is 0 Å². The van der Waals surface area contributed by atoms with Crippen LogP contribution in [0, 0.1) is 9.56 Å². The van der Waals surface area contributed by atoms with Crippen LogP contribution in [-0.4, -0.2) is 9.11 Å². The Balaban J connectivity index is 4.06. The molecule has 32 valence electrons. The zero-order chi connectivity index (χ0) is 4.50. The monoisotopic (exact) mass is 94.0 g/mol. The summed E-state index contributed by atoms with van der Waals surface area (Å²) in [7, 11) is -4.17. The van der Waals surface area contributed by atoms with Crippen LogP contribution in [0.1, 0.15) is 0 Å². The molecular formula is H2N2O2S-2. The first-order valence-electron chi connectivity index (χ1n) is 0.742. The molecular weight excluding hydrogens is 92.1 g/mol. The van der Waals surface area contributed by atoms with Gasteiger partial charge in [-0.1, -0.05) is 0 Å². The van der Waals surface area contributed by atoms with E-state index in [9.17, 15) is 0 Å². The SMILES string of the molecule is N=S(=N)([O-])[O-]. The van der Waals surface area contributed by atoms with Crippen LogP contribution in [0.4, 0.5) is 0 Å². The van der Waals surface area contributed by atoms with Crippen LogP contribution in [0.25, 0.3) is 0 Å². The number of hydrogen-bond donors (Lipinski definition) is 2. The zero-order valence-electron chi connectivity index (χ0n) is 2.22. The lowest BCUT2D eigenvalue weighted by atomic mass is 13.9. The highest BCUT2D eigenvalue weighted by Crippen LogP contribution is 1.65. The highest BCUT2D eigenvalue weighted by molar-refractivity contribution is 7.81. The summed E-state index contributed by atoms with van der Waals surface area (Å²) in [5.74, 6) is 0. The molecule has 0 spiro atoms. The van der Waals surface area contributed by atoms with E-state index in [2.05, 4.69) is 0 Å². The Kier molecular flexibility index (Phi) is 0.901. The summed E-state index contributed by atoms with van der Waals surface area (Å²) in [6, 6.07) is 0. The van der Waals surface area contributed by atoms with Crippen molar-refractivity contribution in [3.05, 3.63) is 0 Å². The molecule has 0 aliphatic carbocycles. The Morgan fingerprint density at radius 3 is 1.20 bits per heavy atom. The van der Waals surface area contributed by atoms with E-state index in [1.807, 2.05) is 0 Å². The molecule has 0 radical (unpaired) electrons. The van der Waals surface area contributed by atoms with Gasteiger partial charge in [-0.3, -0.25) is 9.56 Å². The molecule has 0 aromatic carbocycles. The zero-order valence-corrected chi connectivity index (χ0v) is 3.04. The third-order valence-corrected chi connectivity index (χ3v) is 0. The van der Waals surface area contributed by atoms with Crippen LogP contribution < -0.4 is 0 Å². The molecule has 2 N–H and O–H groups in total. The van der Waals surface area contributed by atoms with Gasteiger partial charge in [0.2, 0.25) is 0 Å². The topological polar surface area (TPSA) is 93.8 Å². The van der Waals surface area contributed by atoms with Gasteiger partial charge < -0.3 is 9.11 Å². The minimum absolute atomic E-state index is 4.17. The second-order valence-corrected chi connectivity index (χ2v) is 1.51. The molecule has 0 aromatic heterocycles. The highest BCUT2D eigenvalue weighted by Gasteiger charge is 1.34. The van der Waals surface area contributed by atoms with Gasteiger partial charge in [0, 0.05) is 0 Å². The van der Waals surface area contributed by atoms with Crippen LogP contribution in [-0.2, 0) is 10.2 Å². The summed E-state index contributed by atoms with van der Waals surface area (Å²) in [6.07, 6.45) is 0. The summed E-state index contributed by atoms with van der Waals surface area (Å²) in [5, 5.41) is 0. The summed E-state index contributed by atoms with van der Waals surface area (Å²) >= 11 is 0. The first kappa shape index (κ1) is 4.87. The van der Waals surface area contributed by atoms with Gasteiger partial charge in [-0.2, -0.15) is 0 Å². The molecule has 0 amide bonds. The molecule has 5 heteroatoms. The standard InChI is InChI=1S/H2N2O2S/c1-5(2,3)4/h(H2-2,1,2,3,4)/q-2. The Morgan fingerprint density at radius 1 is 1.20 bits per heavy atom. The van der Waals surface area contributed by atoms with E-state index >= 15 is 0 Å². The van der Waals surface area contributed by atoms with Gasteiger partial charge in [-0.05, 0) is 0 Å². The lowest BCUT2D eigenvalue weighted by Crippen LogP contribution is -1.84. The van der Waals surface area contributed by atoms with Crippen molar-refractivity contribution < 1.29 is 9.11 Å². The summed E-state index contributed by atoms with van der Waals surface area (Å²) in [6.45, 7) is 0. The predicted octanol–water partition coefficient (Wildman–Crippen LogP) is -0.0741. The molecule has 0 aliphatic heterocycles. The highest BCUT2D eigenvalue weighted by atomic mass is 32.2. The van der Waals surface area contributed by atoms with Crippen molar-refractivity contribution in [3.8, 4) is 0 Å². The van der Waals surface area contributed by atoms with Crippen LogP contribution >= 0.6 is 0 Å². The molecule has 0 saturated carbocycles. The van der Waals surface area contributed by atoms with Gasteiger partial charge in [0.1, 0.15) is 0 Å². The van der Waals surface area contributed by atoms with Crippen molar-refractivity contribution in [2.24, 2.45) is 0 Å². The van der Waals surface area contributed by atoms with Crippen LogP contribution in [0.15, 0.2) is 0 Å². The Hall–Kier alpha value is -0.130. The number of nitrogens with one attached hydrogen (secondary N) is 2. The molecule has 0 rings (SSSR count). The molecule has 0 bridgehead atoms. The third kappa shape index (κ3) is 801. The maximum absolute atomic E-state index is 8.97. The third-order valence-electron chi connectivity index (χ3n) is 0. The van der Waals surface area contributed by atoms with Gasteiger partial charge in [-0.25, -0.2) is 10.2 Å². The van der Waals surface area contributed by atoms with E-state index in [1.54, 1.807) is 0 Å². The van der Waals surface area contributed by atoms with Crippen molar-refractivity contribution in [2.75, 3.05) is 0 Å². The fourth-order valence-electron chi connectivity index (χ4n) is 0. The second kappa shape index (κ2) is 0.925. The maximum atomic E-state index is 8.97. The Labute approximate surface area is 29.9 Å². The van der Waals surface area contributed by atoms with Crippen molar-refractivity contribution in [1.82, 2.24) is 0 Å². The molecule has 0 saturated heterocycles. The quantitative estimate of drug-likeness (QED) is 0.439. The average molecular weight is 94.1 g/mol. The molecule has 0 fully saturated rings. The Morgan fingerprint density at radius 2 is 1.20 bits per heavy atom. The van der Waals surface area contributed by atoms with E-state index < -0.39 is 10.2 Å². The second-order valence-electron chi connectivity index (χ2n) is 0.503.